The monoisotopic (exact) mass is 566 g/mol. The van der Waals surface area contributed by atoms with Crippen molar-refractivity contribution in [2.24, 2.45) is 29.1 Å². The summed E-state index contributed by atoms with van der Waals surface area (Å²) < 4.78 is 25.1. The van der Waals surface area contributed by atoms with Gasteiger partial charge < -0.3 is 23.7 Å². The third-order valence-corrected chi connectivity index (χ3v) is 15.2. The molecule has 5 aliphatic carbocycles. The summed E-state index contributed by atoms with van der Waals surface area (Å²) in [6, 6.07) is 8.80. The number of ether oxygens (including phenoxy) is 3. The van der Waals surface area contributed by atoms with Crippen LogP contribution in [0.3, 0.4) is 0 Å². The maximum Gasteiger partial charge on any atom is 0.171 e. The molecule has 1 aromatic rings. The number of aliphatic hydroxyl groups is 1. The fourth-order valence-corrected chi connectivity index (χ4v) is 11.5. The summed E-state index contributed by atoms with van der Waals surface area (Å²) in [6.07, 6.45) is 7.82. The topological polar surface area (TPSA) is 57.2 Å². The van der Waals surface area contributed by atoms with Gasteiger partial charge >= 0.3 is 0 Å². The molecule has 1 aromatic carbocycles. The molecule has 220 valence electrons. The first kappa shape index (κ1) is 27.6. The minimum atomic E-state index is -0.823. The number of allylic oxidation sites excluding steroid dienone is 1. The van der Waals surface area contributed by atoms with E-state index in [4.69, 9.17) is 18.6 Å². The van der Waals surface area contributed by atoms with Crippen LogP contribution in [-0.2, 0) is 13.9 Å². The van der Waals surface area contributed by atoms with Gasteiger partial charge in [-0.1, -0.05) is 52.3 Å². The van der Waals surface area contributed by atoms with Gasteiger partial charge in [-0.15, -0.1) is 0 Å². The highest BCUT2D eigenvalue weighted by atomic mass is 28.2. The first-order valence-electron chi connectivity index (χ1n) is 16.0. The Balaban J connectivity index is 1.29. The van der Waals surface area contributed by atoms with E-state index in [1.165, 1.54) is 24.0 Å². The second kappa shape index (κ2) is 9.16. The number of hydrogen-bond donors (Lipinski definition) is 1. The molecule has 1 aliphatic heterocycles. The second-order valence-corrected chi connectivity index (χ2v) is 17.8. The predicted molar refractivity (Wildman–Crippen MR) is 159 cm³/mol. The Kier molecular flexibility index (Phi) is 6.33. The van der Waals surface area contributed by atoms with Crippen LogP contribution in [0.4, 0.5) is 0 Å². The lowest BCUT2D eigenvalue weighted by Gasteiger charge is -2.57. The van der Waals surface area contributed by atoms with Crippen LogP contribution in [0.25, 0.3) is 0 Å². The van der Waals surface area contributed by atoms with Gasteiger partial charge in [0, 0.05) is 18.8 Å². The molecule has 7 rings (SSSR count). The maximum atomic E-state index is 12.3. The minimum absolute atomic E-state index is 0.0624. The number of hydrogen-bond acceptors (Lipinski definition) is 5. The highest BCUT2D eigenvalue weighted by Gasteiger charge is 2.76. The zero-order chi connectivity index (χ0) is 28.1. The van der Waals surface area contributed by atoms with Crippen LogP contribution < -0.4 is 4.74 Å². The summed E-state index contributed by atoms with van der Waals surface area (Å²) >= 11 is 0. The molecule has 5 fully saturated rings. The van der Waals surface area contributed by atoms with Gasteiger partial charge in [0.05, 0.1) is 31.5 Å². The normalized spacial score (nSPS) is 41.8. The molecule has 7 atom stereocenters. The Labute approximate surface area is 243 Å². The summed E-state index contributed by atoms with van der Waals surface area (Å²) in [5, 5.41) is 12.6. The molecule has 1 saturated heterocycles. The molecular formula is C34H50O5Si. The molecule has 1 N–H and O–H groups in total. The van der Waals surface area contributed by atoms with Gasteiger partial charge in [-0.2, -0.15) is 0 Å². The molecule has 0 aromatic heterocycles. The van der Waals surface area contributed by atoms with Crippen molar-refractivity contribution in [2.45, 2.75) is 114 Å². The standard InChI is InChI=1S/C34H50O5Si/c1-21(2)30(3,4)40-39-34-18-23(34)17-28-25-11-13-32(35)20-33(37-15-16-38-33)14-12-27(32)29(25)26(19-31(28,34)5)22-7-9-24(36-6)10-8-22/h7-10,21,23,25-26,28,35H,11-20,40H2,1-6H3/t23-,25-,26+,28-,31-,32+,34-/m0/s1. The van der Waals surface area contributed by atoms with Crippen LogP contribution in [0.2, 0.25) is 5.04 Å². The van der Waals surface area contributed by atoms with E-state index in [1.54, 1.807) is 12.7 Å². The van der Waals surface area contributed by atoms with Crippen molar-refractivity contribution >= 4 is 9.76 Å². The zero-order valence-electron chi connectivity index (χ0n) is 25.6. The lowest BCUT2D eigenvalue weighted by Crippen LogP contribution is -2.55. The van der Waals surface area contributed by atoms with Crippen LogP contribution in [-0.4, -0.2) is 52.2 Å². The Morgan fingerprint density at radius 1 is 1.07 bits per heavy atom. The quantitative estimate of drug-likeness (QED) is 0.324. The number of methoxy groups -OCH3 is 1. The van der Waals surface area contributed by atoms with Crippen LogP contribution in [0.15, 0.2) is 35.4 Å². The largest absolute Gasteiger partial charge is 0.497 e. The van der Waals surface area contributed by atoms with Crippen molar-refractivity contribution in [1.29, 1.82) is 0 Å². The van der Waals surface area contributed by atoms with Crippen molar-refractivity contribution in [3.63, 3.8) is 0 Å². The van der Waals surface area contributed by atoms with Crippen molar-refractivity contribution in [3.05, 3.63) is 41.0 Å². The predicted octanol–water partition coefficient (Wildman–Crippen LogP) is 6.29. The first-order chi connectivity index (χ1) is 19.0. The van der Waals surface area contributed by atoms with Gasteiger partial charge in [0.25, 0.3) is 0 Å². The van der Waals surface area contributed by atoms with Gasteiger partial charge in [-0.25, -0.2) is 0 Å². The van der Waals surface area contributed by atoms with Gasteiger partial charge in [0.1, 0.15) is 5.75 Å². The molecule has 5 nitrogen and oxygen atoms in total. The molecular weight excluding hydrogens is 516 g/mol. The minimum Gasteiger partial charge on any atom is -0.497 e. The van der Waals surface area contributed by atoms with Crippen LogP contribution in [0.1, 0.15) is 97.5 Å². The summed E-state index contributed by atoms with van der Waals surface area (Å²) in [6.45, 7) is 13.4. The van der Waals surface area contributed by atoms with E-state index in [0.717, 1.165) is 37.9 Å². The Morgan fingerprint density at radius 3 is 2.48 bits per heavy atom. The Bertz CT molecular complexity index is 1190. The molecule has 6 heteroatoms. The average Bonchev–Trinajstić information content (AvgIpc) is 3.38. The summed E-state index contributed by atoms with van der Waals surface area (Å²) in [7, 11) is 1.05. The summed E-state index contributed by atoms with van der Waals surface area (Å²) in [5.74, 6) is 3.12. The van der Waals surface area contributed by atoms with Crippen molar-refractivity contribution in [3.8, 4) is 5.75 Å². The number of rotatable bonds is 6. The molecule has 4 saturated carbocycles. The lowest BCUT2D eigenvalue weighted by molar-refractivity contribution is -0.208. The fraction of sp³-hybridized carbons (Fsp3) is 0.765. The summed E-state index contributed by atoms with van der Waals surface area (Å²) in [4.78, 5) is 0. The lowest BCUT2D eigenvalue weighted by atomic mass is 9.50. The smallest absolute Gasteiger partial charge is 0.171 e. The van der Waals surface area contributed by atoms with E-state index in [-0.39, 0.29) is 11.0 Å². The third kappa shape index (κ3) is 3.92. The van der Waals surface area contributed by atoms with Gasteiger partial charge in [0.15, 0.2) is 15.6 Å². The molecule has 0 bridgehead atoms. The van der Waals surface area contributed by atoms with Crippen molar-refractivity contribution in [2.75, 3.05) is 20.3 Å². The second-order valence-electron chi connectivity index (χ2n) is 15.4. The van der Waals surface area contributed by atoms with Gasteiger partial charge in [0.2, 0.25) is 0 Å². The highest BCUT2D eigenvalue weighted by Crippen LogP contribution is 2.77. The maximum absolute atomic E-state index is 12.3. The summed E-state index contributed by atoms with van der Waals surface area (Å²) in [5.41, 5.74) is 3.65. The molecule has 0 unspecified atom stereocenters. The molecule has 0 amide bonds. The molecule has 0 radical (unpaired) electrons. The highest BCUT2D eigenvalue weighted by molar-refractivity contribution is 6.32. The SMILES string of the molecule is COc1ccc([C@H]2C[C@@]3(C)[C@@H](C[C@H]4C[C@]43O[SiH2]C(C)(C)C(C)C)[C@@H]3CC[C@@]4(O)CC5(CCC4=C32)OCCO5)cc1. The Hall–Kier alpha value is -1.18. The van der Waals surface area contributed by atoms with Crippen LogP contribution in [0.5, 0.6) is 5.75 Å². The van der Waals surface area contributed by atoms with Crippen LogP contribution >= 0.6 is 0 Å². The first-order valence-corrected chi connectivity index (χ1v) is 17.3. The zero-order valence-corrected chi connectivity index (χ0v) is 27.0. The van der Waals surface area contributed by atoms with E-state index in [0.29, 0.717) is 54.3 Å². The third-order valence-electron chi connectivity index (χ3n) is 13.0. The van der Waals surface area contributed by atoms with E-state index in [2.05, 4.69) is 58.9 Å². The van der Waals surface area contributed by atoms with Gasteiger partial charge in [-0.3, -0.25) is 0 Å². The van der Waals surface area contributed by atoms with E-state index < -0.39 is 21.2 Å². The molecule has 1 heterocycles. The molecule has 6 aliphatic rings. The fourth-order valence-electron chi connectivity index (χ4n) is 9.83. The van der Waals surface area contributed by atoms with Crippen LogP contribution in [0, 0.1) is 29.1 Å². The van der Waals surface area contributed by atoms with E-state index in [9.17, 15) is 5.11 Å². The average molecular weight is 567 g/mol. The van der Waals surface area contributed by atoms with Gasteiger partial charge in [-0.05, 0) is 95.9 Å². The Morgan fingerprint density at radius 2 is 1.80 bits per heavy atom. The van der Waals surface area contributed by atoms with Crippen molar-refractivity contribution in [1.82, 2.24) is 0 Å². The number of fused-ring (bicyclic) bond motifs is 6. The molecule has 40 heavy (non-hydrogen) atoms. The molecule has 1 spiro atoms. The van der Waals surface area contributed by atoms with E-state index in [1.807, 2.05) is 0 Å². The number of benzene rings is 1. The van der Waals surface area contributed by atoms with E-state index >= 15 is 0 Å². The van der Waals surface area contributed by atoms with Crippen molar-refractivity contribution < 1.29 is 23.7 Å².